The van der Waals surface area contributed by atoms with E-state index in [1.54, 1.807) is 0 Å². The van der Waals surface area contributed by atoms with Crippen molar-refractivity contribution >= 4 is 21.6 Å². The number of nitrogen functional groups attached to an aromatic ring is 1. The van der Waals surface area contributed by atoms with Crippen molar-refractivity contribution in [3.8, 4) is 0 Å². The first-order valence-electron chi connectivity index (χ1n) is 6.95. The minimum absolute atomic E-state index is 0.826. The molecule has 0 amide bonds. The van der Waals surface area contributed by atoms with Crippen molar-refractivity contribution in [2.24, 2.45) is 5.92 Å². The highest BCUT2D eigenvalue weighted by Gasteiger charge is 2.18. The maximum atomic E-state index is 5.77. The monoisotopic (exact) mass is 310 g/mol. The molecule has 1 saturated heterocycles. The SMILES string of the molecule is CCCC1CCN(Cc2ccc(N)cc2Br)CC1. The van der Waals surface area contributed by atoms with Gasteiger partial charge in [-0.2, -0.15) is 0 Å². The Bertz CT molecular complexity index is 384. The predicted molar refractivity (Wildman–Crippen MR) is 81.5 cm³/mol. The predicted octanol–water partition coefficient (Wildman–Crippen LogP) is 4.04. The molecular formula is C15H23BrN2. The van der Waals surface area contributed by atoms with Gasteiger partial charge in [0.1, 0.15) is 0 Å². The number of piperidine rings is 1. The number of benzene rings is 1. The van der Waals surface area contributed by atoms with E-state index in [0.29, 0.717) is 0 Å². The molecule has 2 N–H and O–H groups in total. The number of hydrogen-bond donors (Lipinski definition) is 1. The summed E-state index contributed by atoms with van der Waals surface area (Å²) in [4.78, 5) is 2.56. The van der Waals surface area contributed by atoms with E-state index in [2.05, 4.69) is 33.8 Å². The van der Waals surface area contributed by atoms with Crippen LogP contribution in [0.15, 0.2) is 22.7 Å². The molecule has 1 fully saturated rings. The summed E-state index contributed by atoms with van der Waals surface area (Å²) in [5.74, 6) is 0.959. The molecule has 0 aromatic heterocycles. The van der Waals surface area contributed by atoms with Crippen molar-refractivity contribution in [3.05, 3.63) is 28.2 Å². The van der Waals surface area contributed by atoms with Crippen LogP contribution in [0.2, 0.25) is 0 Å². The Labute approximate surface area is 119 Å². The molecule has 0 saturated carbocycles. The summed E-state index contributed by atoms with van der Waals surface area (Å²) in [5.41, 5.74) is 7.94. The van der Waals surface area contributed by atoms with Crippen LogP contribution >= 0.6 is 15.9 Å². The molecule has 0 radical (unpaired) electrons. The van der Waals surface area contributed by atoms with E-state index >= 15 is 0 Å². The zero-order valence-corrected chi connectivity index (χ0v) is 12.7. The van der Waals surface area contributed by atoms with Gasteiger partial charge < -0.3 is 5.73 Å². The topological polar surface area (TPSA) is 29.3 Å². The van der Waals surface area contributed by atoms with Crippen LogP contribution in [0.5, 0.6) is 0 Å². The van der Waals surface area contributed by atoms with Gasteiger partial charge in [0, 0.05) is 16.7 Å². The van der Waals surface area contributed by atoms with E-state index in [1.807, 2.05) is 12.1 Å². The van der Waals surface area contributed by atoms with Crippen molar-refractivity contribution in [1.29, 1.82) is 0 Å². The Morgan fingerprint density at radius 1 is 1.33 bits per heavy atom. The Kier molecular flexibility index (Phi) is 5.07. The van der Waals surface area contributed by atoms with E-state index < -0.39 is 0 Å². The van der Waals surface area contributed by atoms with Crippen LogP contribution in [0.4, 0.5) is 5.69 Å². The average molecular weight is 311 g/mol. The summed E-state index contributed by atoms with van der Waals surface area (Å²) in [6.45, 7) is 5.81. The zero-order chi connectivity index (χ0) is 13.0. The Morgan fingerprint density at radius 2 is 2.06 bits per heavy atom. The molecule has 3 heteroatoms. The lowest BCUT2D eigenvalue weighted by molar-refractivity contribution is 0.171. The van der Waals surface area contributed by atoms with Crippen LogP contribution in [-0.2, 0) is 6.54 Å². The maximum Gasteiger partial charge on any atom is 0.0325 e. The molecule has 1 heterocycles. The molecule has 0 atom stereocenters. The fourth-order valence-electron chi connectivity index (χ4n) is 2.77. The molecule has 100 valence electrons. The van der Waals surface area contributed by atoms with Gasteiger partial charge >= 0.3 is 0 Å². The third kappa shape index (κ3) is 3.72. The lowest BCUT2D eigenvalue weighted by Crippen LogP contribution is -2.33. The molecule has 0 spiro atoms. The molecule has 0 bridgehead atoms. The molecule has 1 aromatic carbocycles. The molecule has 2 rings (SSSR count). The van der Waals surface area contributed by atoms with E-state index in [1.165, 1.54) is 44.3 Å². The van der Waals surface area contributed by atoms with Crippen molar-refractivity contribution in [1.82, 2.24) is 4.90 Å². The van der Waals surface area contributed by atoms with Gasteiger partial charge in [0.25, 0.3) is 0 Å². The van der Waals surface area contributed by atoms with Gasteiger partial charge in [-0.05, 0) is 49.5 Å². The van der Waals surface area contributed by atoms with Crippen molar-refractivity contribution < 1.29 is 0 Å². The number of anilines is 1. The number of rotatable bonds is 4. The summed E-state index contributed by atoms with van der Waals surface area (Å²) >= 11 is 3.60. The molecule has 1 aromatic rings. The van der Waals surface area contributed by atoms with Crippen molar-refractivity contribution in [3.63, 3.8) is 0 Å². The summed E-state index contributed by atoms with van der Waals surface area (Å²) in [5, 5.41) is 0. The minimum atomic E-state index is 0.826. The van der Waals surface area contributed by atoms with Gasteiger partial charge in [-0.3, -0.25) is 4.90 Å². The lowest BCUT2D eigenvalue weighted by atomic mass is 9.92. The Balaban J connectivity index is 1.87. The summed E-state index contributed by atoms with van der Waals surface area (Å²) in [7, 11) is 0. The van der Waals surface area contributed by atoms with Gasteiger partial charge in [0.2, 0.25) is 0 Å². The summed E-state index contributed by atoms with van der Waals surface area (Å²) < 4.78 is 1.14. The molecule has 1 aliphatic rings. The Hall–Kier alpha value is -0.540. The quantitative estimate of drug-likeness (QED) is 0.850. The highest BCUT2D eigenvalue weighted by molar-refractivity contribution is 9.10. The number of halogens is 1. The molecule has 0 aliphatic carbocycles. The summed E-state index contributed by atoms with van der Waals surface area (Å²) in [6, 6.07) is 6.13. The molecule has 18 heavy (non-hydrogen) atoms. The maximum absolute atomic E-state index is 5.77. The third-order valence-corrected chi connectivity index (χ3v) is 4.61. The summed E-state index contributed by atoms with van der Waals surface area (Å²) in [6.07, 6.45) is 5.45. The van der Waals surface area contributed by atoms with E-state index in [-0.39, 0.29) is 0 Å². The fourth-order valence-corrected chi connectivity index (χ4v) is 3.30. The average Bonchev–Trinajstić information content (AvgIpc) is 2.35. The second-order valence-electron chi connectivity index (χ2n) is 5.36. The van der Waals surface area contributed by atoms with Crippen LogP contribution < -0.4 is 5.73 Å². The van der Waals surface area contributed by atoms with Gasteiger partial charge in [0.05, 0.1) is 0 Å². The van der Waals surface area contributed by atoms with Crippen LogP contribution in [0.1, 0.15) is 38.2 Å². The Morgan fingerprint density at radius 3 is 2.67 bits per heavy atom. The molecular weight excluding hydrogens is 288 g/mol. The number of nitrogens with two attached hydrogens (primary N) is 1. The number of nitrogens with zero attached hydrogens (tertiary/aromatic N) is 1. The number of hydrogen-bond acceptors (Lipinski definition) is 2. The highest BCUT2D eigenvalue weighted by atomic mass is 79.9. The number of likely N-dealkylation sites (tertiary alicyclic amines) is 1. The minimum Gasteiger partial charge on any atom is -0.399 e. The third-order valence-electron chi connectivity index (χ3n) is 3.88. The van der Waals surface area contributed by atoms with Gasteiger partial charge in [0.15, 0.2) is 0 Å². The van der Waals surface area contributed by atoms with Gasteiger partial charge in [-0.25, -0.2) is 0 Å². The molecule has 0 unspecified atom stereocenters. The first-order chi connectivity index (χ1) is 8.69. The van der Waals surface area contributed by atoms with Gasteiger partial charge in [-0.1, -0.05) is 41.8 Å². The molecule has 1 aliphatic heterocycles. The van der Waals surface area contributed by atoms with E-state index in [4.69, 9.17) is 5.73 Å². The second-order valence-corrected chi connectivity index (χ2v) is 6.21. The smallest absolute Gasteiger partial charge is 0.0325 e. The largest absolute Gasteiger partial charge is 0.399 e. The lowest BCUT2D eigenvalue weighted by Gasteiger charge is -2.32. The normalized spacial score (nSPS) is 18.1. The second kappa shape index (κ2) is 6.58. The molecule has 2 nitrogen and oxygen atoms in total. The fraction of sp³-hybridized carbons (Fsp3) is 0.600. The van der Waals surface area contributed by atoms with Gasteiger partial charge in [-0.15, -0.1) is 0 Å². The highest BCUT2D eigenvalue weighted by Crippen LogP contribution is 2.25. The van der Waals surface area contributed by atoms with Crippen LogP contribution in [0.3, 0.4) is 0 Å². The van der Waals surface area contributed by atoms with E-state index in [0.717, 1.165) is 22.6 Å². The zero-order valence-electron chi connectivity index (χ0n) is 11.2. The van der Waals surface area contributed by atoms with E-state index in [9.17, 15) is 0 Å². The first-order valence-corrected chi connectivity index (χ1v) is 7.74. The first kappa shape index (κ1) is 13.9. The van der Waals surface area contributed by atoms with Crippen molar-refractivity contribution in [2.75, 3.05) is 18.8 Å². The van der Waals surface area contributed by atoms with Crippen LogP contribution in [-0.4, -0.2) is 18.0 Å². The van der Waals surface area contributed by atoms with Crippen LogP contribution in [0.25, 0.3) is 0 Å². The standard InChI is InChI=1S/C15H23BrN2/c1-2-3-12-6-8-18(9-7-12)11-13-4-5-14(17)10-15(13)16/h4-5,10,12H,2-3,6-9,11,17H2,1H3. The van der Waals surface area contributed by atoms with Crippen LogP contribution in [0, 0.1) is 5.92 Å². The van der Waals surface area contributed by atoms with Crippen molar-refractivity contribution in [2.45, 2.75) is 39.2 Å².